The Hall–Kier alpha value is -2.09. The third-order valence-electron chi connectivity index (χ3n) is 2.44. The summed E-state index contributed by atoms with van der Waals surface area (Å²) in [7, 11) is 0. The summed E-state index contributed by atoms with van der Waals surface area (Å²) in [5.74, 6) is 0. The average molecular weight is 211 g/mol. The van der Waals surface area contributed by atoms with Crippen LogP contribution in [0.3, 0.4) is 0 Å². The van der Waals surface area contributed by atoms with E-state index in [1.165, 1.54) is 0 Å². The van der Waals surface area contributed by atoms with Gasteiger partial charge in [0.2, 0.25) is 0 Å². The van der Waals surface area contributed by atoms with E-state index >= 15 is 0 Å². The Morgan fingerprint density at radius 1 is 0.875 bits per heavy atom. The first-order chi connectivity index (χ1) is 7.90. The van der Waals surface area contributed by atoms with Crippen LogP contribution < -0.4 is 0 Å². The molecule has 0 fully saturated rings. The Morgan fingerprint density at radius 2 is 1.44 bits per heavy atom. The van der Waals surface area contributed by atoms with Crippen molar-refractivity contribution >= 4 is 5.71 Å². The second-order valence-corrected chi connectivity index (χ2v) is 3.58. The molecule has 2 rings (SSSR count). The molecule has 16 heavy (non-hydrogen) atoms. The molecule has 0 saturated heterocycles. The lowest BCUT2D eigenvalue weighted by atomic mass is 10.0. The minimum Gasteiger partial charge on any atom is -0.411 e. The Bertz CT molecular complexity index is 463. The molecule has 0 radical (unpaired) electrons. The van der Waals surface area contributed by atoms with Crippen LogP contribution in [0, 0.1) is 0 Å². The van der Waals surface area contributed by atoms with Gasteiger partial charge in [-0.05, 0) is 11.1 Å². The fraction of sp³-hybridized carbons (Fsp3) is 0.0714. The number of rotatable bonds is 3. The molecule has 2 aromatic carbocycles. The molecule has 80 valence electrons. The Morgan fingerprint density at radius 3 is 2.00 bits per heavy atom. The monoisotopic (exact) mass is 211 g/mol. The number of nitrogens with zero attached hydrogens (tertiary/aromatic N) is 1. The molecule has 0 aromatic heterocycles. The van der Waals surface area contributed by atoms with Gasteiger partial charge in [-0.25, -0.2) is 0 Å². The van der Waals surface area contributed by atoms with Crippen LogP contribution in [0.4, 0.5) is 0 Å². The Balaban J connectivity index is 2.20. The normalized spacial score (nSPS) is 11.4. The third-order valence-corrected chi connectivity index (χ3v) is 2.44. The number of benzene rings is 2. The first kappa shape index (κ1) is 10.4. The molecule has 0 aliphatic heterocycles. The highest BCUT2D eigenvalue weighted by Crippen LogP contribution is 2.08. The van der Waals surface area contributed by atoms with Gasteiger partial charge >= 0.3 is 0 Å². The molecule has 1 N–H and O–H groups in total. The Labute approximate surface area is 94.9 Å². The Kier molecular flexibility index (Phi) is 3.34. The topological polar surface area (TPSA) is 32.6 Å². The van der Waals surface area contributed by atoms with Crippen molar-refractivity contribution in [1.29, 1.82) is 0 Å². The summed E-state index contributed by atoms with van der Waals surface area (Å²) < 4.78 is 0. The molecule has 0 aliphatic rings. The zero-order valence-electron chi connectivity index (χ0n) is 8.88. The lowest BCUT2D eigenvalue weighted by Gasteiger charge is -2.04. The van der Waals surface area contributed by atoms with Crippen LogP contribution in [-0.4, -0.2) is 10.9 Å². The van der Waals surface area contributed by atoms with E-state index in [2.05, 4.69) is 5.16 Å². The molecule has 2 aromatic rings. The first-order valence-corrected chi connectivity index (χ1v) is 5.20. The SMILES string of the molecule is O/N=C(/Cc1ccccc1)c1ccccc1. The lowest BCUT2D eigenvalue weighted by molar-refractivity contribution is 0.318. The average Bonchev–Trinajstić information content (AvgIpc) is 2.38. The molecule has 0 unspecified atom stereocenters. The van der Waals surface area contributed by atoms with Gasteiger partial charge in [0, 0.05) is 6.42 Å². The van der Waals surface area contributed by atoms with E-state index in [-0.39, 0.29) is 0 Å². The maximum absolute atomic E-state index is 9.03. The third kappa shape index (κ3) is 2.48. The lowest BCUT2D eigenvalue weighted by Crippen LogP contribution is -2.04. The summed E-state index contributed by atoms with van der Waals surface area (Å²) >= 11 is 0. The molecule has 0 bridgehead atoms. The van der Waals surface area contributed by atoms with E-state index < -0.39 is 0 Å². The largest absolute Gasteiger partial charge is 0.411 e. The van der Waals surface area contributed by atoms with E-state index in [0.29, 0.717) is 12.1 Å². The van der Waals surface area contributed by atoms with Gasteiger partial charge in [-0.3, -0.25) is 0 Å². The molecule has 2 heteroatoms. The van der Waals surface area contributed by atoms with Gasteiger partial charge in [0.25, 0.3) is 0 Å². The molecule has 0 aliphatic carbocycles. The maximum atomic E-state index is 9.03. The van der Waals surface area contributed by atoms with Crippen LogP contribution in [0.25, 0.3) is 0 Å². The highest BCUT2D eigenvalue weighted by atomic mass is 16.4. The van der Waals surface area contributed by atoms with E-state index in [1.54, 1.807) is 0 Å². The minimum absolute atomic E-state index is 0.640. The predicted octanol–water partition coefficient (Wildman–Crippen LogP) is 3.11. The van der Waals surface area contributed by atoms with Crippen LogP contribution in [0.1, 0.15) is 11.1 Å². The van der Waals surface area contributed by atoms with E-state index in [0.717, 1.165) is 11.1 Å². The van der Waals surface area contributed by atoms with Crippen molar-refractivity contribution in [2.45, 2.75) is 6.42 Å². The van der Waals surface area contributed by atoms with Crippen molar-refractivity contribution in [1.82, 2.24) is 0 Å². The van der Waals surface area contributed by atoms with Crippen molar-refractivity contribution in [3.8, 4) is 0 Å². The molecular formula is C14H13NO. The minimum atomic E-state index is 0.640. The molecule has 0 heterocycles. The summed E-state index contributed by atoms with van der Waals surface area (Å²) in [5.41, 5.74) is 2.78. The molecule has 0 saturated carbocycles. The fourth-order valence-corrected chi connectivity index (χ4v) is 1.61. The van der Waals surface area contributed by atoms with E-state index in [1.807, 2.05) is 60.7 Å². The van der Waals surface area contributed by atoms with Gasteiger partial charge in [0.1, 0.15) is 0 Å². The van der Waals surface area contributed by atoms with Crippen molar-refractivity contribution in [3.05, 3.63) is 71.8 Å². The zero-order valence-corrected chi connectivity index (χ0v) is 8.88. The van der Waals surface area contributed by atoms with E-state index in [4.69, 9.17) is 5.21 Å². The van der Waals surface area contributed by atoms with Crippen molar-refractivity contribution in [2.24, 2.45) is 5.16 Å². The molecule has 0 amide bonds. The summed E-state index contributed by atoms with van der Waals surface area (Å²) in [5, 5.41) is 12.4. The summed E-state index contributed by atoms with van der Waals surface area (Å²) in [6, 6.07) is 19.7. The van der Waals surface area contributed by atoms with E-state index in [9.17, 15) is 0 Å². The van der Waals surface area contributed by atoms with Gasteiger partial charge in [0.05, 0.1) is 5.71 Å². The number of hydrogen-bond donors (Lipinski definition) is 1. The van der Waals surface area contributed by atoms with Gasteiger partial charge in [0.15, 0.2) is 0 Å². The second kappa shape index (κ2) is 5.12. The van der Waals surface area contributed by atoms with Crippen molar-refractivity contribution in [2.75, 3.05) is 0 Å². The molecule has 0 spiro atoms. The maximum Gasteiger partial charge on any atom is 0.0911 e. The predicted molar refractivity (Wildman–Crippen MR) is 64.9 cm³/mol. The van der Waals surface area contributed by atoms with Crippen LogP contribution in [0.15, 0.2) is 65.8 Å². The summed E-state index contributed by atoms with van der Waals surface area (Å²) in [6.45, 7) is 0. The summed E-state index contributed by atoms with van der Waals surface area (Å²) in [6.07, 6.45) is 0.640. The highest BCUT2D eigenvalue weighted by molar-refractivity contribution is 6.01. The zero-order chi connectivity index (χ0) is 11.2. The van der Waals surface area contributed by atoms with Gasteiger partial charge < -0.3 is 5.21 Å². The quantitative estimate of drug-likeness (QED) is 0.472. The van der Waals surface area contributed by atoms with Gasteiger partial charge in [-0.2, -0.15) is 0 Å². The number of hydrogen-bond acceptors (Lipinski definition) is 2. The second-order valence-electron chi connectivity index (χ2n) is 3.58. The molecule has 2 nitrogen and oxygen atoms in total. The standard InChI is InChI=1S/C14H13NO/c16-15-14(13-9-5-2-6-10-13)11-12-7-3-1-4-8-12/h1-10,16H,11H2/b15-14-. The first-order valence-electron chi connectivity index (χ1n) is 5.20. The molecular weight excluding hydrogens is 198 g/mol. The van der Waals surface area contributed by atoms with Crippen molar-refractivity contribution in [3.63, 3.8) is 0 Å². The molecule has 0 atom stereocenters. The van der Waals surface area contributed by atoms with Crippen LogP contribution in [0.5, 0.6) is 0 Å². The van der Waals surface area contributed by atoms with Gasteiger partial charge in [-0.1, -0.05) is 65.8 Å². The smallest absolute Gasteiger partial charge is 0.0911 e. The van der Waals surface area contributed by atoms with Crippen LogP contribution in [0.2, 0.25) is 0 Å². The van der Waals surface area contributed by atoms with Crippen LogP contribution in [-0.2, 0) is 6.42 Å². The summed E-state index contributed by atoms with van der Waals surface area (Å²) in [4.78, 5) is 0. The van der Waals surface area contributed by atoms with Crippen molar-refractivity contribution < 1.29 is 5.21 Å². The van der Waals surface area contributed by atoms with Crippen LogP contribution >= 0.6 is 0 Å². The fourth-order valence-electron chi connectivity index (χ4n) is 1.61. The highest BCUT2D eigenvalue weighted by Gasteiger charge is 2.04. The number of oxime groups is 1. The van der Waals surface area contributed by atoms with Gasteiger partial charge in [-0.15, -0.1) is 0 Å².